The van der Waals surface area contributed by atoms with Crippen molar-refractivity contribution >= 4 is 38.6 Å². The van der Waals surface area contributed by atoms with Crippen molar-refractivity contribution in [1.29, 1.82) is 5.26 Å². The first kappa shape index (κ1) is 14.0. The summed E-state index contributed by atoms with van der Waals surface area (Å²) in [6, 6.07) is 11.8. The molecule has 22 heavy (non-hydrogen) atoms. The third-order valence-corrected chi connectivity index (χ3v) is 4.03. The molecule has 0 fully saturated rings. The monoisotopic (exact) mass is 310 g/mol. The van der Waals surface area contributed by atoms with Crippen LogP contribution in [0.5, 0.6) is 0 Å². The van der Waals surface area contributed by atoms with Crippen molar-refractivity contribution in [2.45, 2.75) is 6.92 Å². The summed E-state index contributed by atoms with van der Waals surface area (Å²) in [5.74, 6) is 0. The van der Waals surface area contributed by atoms with Gasteiger partial charge in [0, 0.05) is 11.8 Å². The second-order valence-electron chi connectivity index (χ2n) is 4.64. The van der Waals surface area contributed by atoms with E-state index in [2.05, 4.69) is 10.3 Å². The molecule has 0 atom stereocenters. The summed E-state index contributed by atoms with van der Waals surface area (Å²) in [7, 11) is 0. The lowest BCUT2D eigenvalue weighted by Crippen LogP contribution is -1.97. The van der Waals surface area contributed by atoms with Gasteiger partial charge in [-0.1, -0.05) is 0 Å². The number of hydrogen-bond donors (Lipinski definition) is 1. The van der Waals surface area contributed by atoms with Gasteiger partial charge < -0.3 is 5.32 Å². The molecule has 0 unspecified atom stereocenters. The number of nitro benzene ring substituents is 1. The Labute approximate surface area is 129 Å². The second kappa shape index (κ2) is 5.42. The standard InChI is InChI=1S/C15H10N4O2S/c1-9-17-13-5-3-11(7-15(13)22-9)18-12-4-2-10(8-16)6-14(12)19(20)21/h2-7,18H,1H3. The zero-order valence-corrected chi connectivity index (χ0v) is 12.3. The first-order valence-electron chi connectivity index (χ1n) is 6.39. The fourth-order valence-electron chi connectivity index (χ4n) is 2.13. The van der Waals surface area contributed by atoms with Gasteiger partial charge in [0.15, 0.2) is 0 Å². The van der Waals surface area contributed by atoms with Crippen LogP contribution in [-0.2, 0) is 0 Å². The molecular weight excluding hydrogens is 300 g/mol. The largest absolute Gasteiger partial charge is 0.350 e. The van der Waals surface area contributed by atoms with Crippen molar-refractivity contribution in [3.63, 3.8) is 0 Å². The third kappa shape index (κ3) is 2.60. The van der Waals surface area contributed by atoms with Gasteiger partial charge in [-0.2, -0.15) is 5.26 Å². The summed E-state index contributed by atoms with van der Waals surface area (Å²) in [6.07, 6.45) is 0. The van der Waals surface area contributed by atoms with Gasteiger partial charge >= 0.3 is 0 Å². The molecule has 1 aromatic heterocycles. The van der Waals surface area contributed by atoms with Crippen LogP contribution in [0, 0.1) is 28.4 Å². The van der Waals surface area contributed by atoms with E-state index >= 15 is 0 Å². The number of fused-ring (bicyclic) bond motifs is 1. The van der Waals surface area contributed by atoms with E-state index in [1.807, 2.05) is 31.2 Å². The van der Waals surface area contributed by atoms with Crippen molar-refractivity contribution in [1.82, 2.24) is 4.98 Å². The number of thiazole rings is 1. The van der Waals surface area contributed by atoms with E-state index in [1.54, 1.807) is 23.5 Å². The van der Waals surface area contributed by atoms with Crippen LogP contribution in [-0.4, -0.2) is 9.91 Å². The molecule has 3 aromatic rings. The summed E-state index contributed by atoms with van der Waals surface area (Å²) in [4.78, 5) is 15.0. The number of benzene rings is 2. The summed E-state index contributed by atoms with van der Waals surface area (Å²) in [6.45, 7) is 1.93. The lowest BCUT2D eigenvalue weighted by atomic mass is 10.2. The molecule has 0 bridgehead atoms. The number of hydrogen-bond acceptors (Lipinski definition) is 6. The minimum Gasteiger partial charge on any atom is -0.350 e. The van der Waals surface area contributed by atoms with E-state index in [-0.39, 0.29) is 11.3 Å². The van der Waals surface area contributed by atoms with Gasteiger partial charge in [-0.05, 0) is 37.3 Å². The van der Waals surface area contributed by atoms with Crippen molar-refractivity contribution in [2.24, 2.45) is 0 Å². The molecule has 2 aromatic carbocycles. The van der Waals surface area contributed by atoms with Gasteiger partial charge in [0.2, 0.25) is 0 Å². The lowest BCUT2D eigenvalue weighted by Gasteiger charge is -2.07. The highest BCUT2D eigenvalue weighted by Gasteiger charge is 2.15. The number of nitriles is 1. The Kier molecular flexibility index (Phi) is 3.45. The maximum absolute atomic E-state index is 11.1. The van der Waals surface area contributed by atoms with Crippen molar-refractivity contribution in [2.75, 3.05) is 5.32 Å². The Hall–Kier alpha value is -2.98. The van der Waals surface area contributed by atoms with Crippen LogP contribution >= 0.6 is 11.3 Å². The molecule has 1 heterocycles. The fraction of sp³-hybridized carbons (Fsp3) is 0.0667. The normalized spacial score (nSPS) is 10.4. The number of nitrogens with zero attached hydrogens (tertiary/aromatic N) is 3. The van der Waals surface area contributed by atoms with Crippen LogP contribution in [0.3, 0.4) is 0 Å². The van der Waals surface area contributed by atoms with Crippen LogP contribution in [0.1, 0.15) is 10.6 Å². The smallest absolute Gasteiger partial charge is 0.293 e. The quantitative estimate of drug-likeness (QED) is 0.580. The van der Waals surface area contributed by atoms with Crippen molar-refractivity contribution in [3.05, 3.63) is 57.1 Å². The molecule has 6 nitrogen and oxygen atoms in total. The van der Waals surface area contributed by atoms with Gasteiger partial charge in [0.05, 0.1) is 31.8 Å². The van der Waals surface area contributed by atoms with Crippen LogP contribution in [0.4, 0.5) is 17.1 Å². The van der Waals surface area contributed by atoms with Crippen LogP contribution in [0.2, 0.25) is 0 Å². The van der Waals surface area contributed by atoms with Crippen molar-refractivity contribution in [3.8, 4) is 6.07 Å². The van der Waals surface area contributed by atoms with Gasteiger partial charge in [-0.3, -0.25) is 10.1 Å². The van der Waals surface area contributed by atoms with Crippen molar-refractivity contribution < 1.29 is 4.92 Å². The van der Waals surface area contributed by atoms with E-state index < -0.39 is 4.92 Å². The van der Waals surface area contributed by atoms with E-state index in [0.29, 0.717) is 5.69 Å². The Morgan fingerprint density at radius 2 is 2.14 bits per heavy atom. The first-order chi connectivity index (χ1) is 10.6. The maximum atomic E-state index is 11.1. The highest BCUT2D eigenvalue weighted by molar-refractivity contribution is 7.18. The molecule has 0 spiro atoms. The van der Waals surface area contributed by atoms with E-state index in [4.69, 9.17) is 5.26 Å². The molecule has 0 saturated heterocycles. The lowest BCUT2D eigenvalue weighted by molar-refractivity contribution is -0.383. The average Bonchev–Trinajstić information content (AvgIpc) is 2.86. The molecule has 3 rings (SSSR count). The highest BCUT2D eigenvalue weighted by Crippen LogP contribution is 2.31. The minimum absolute atomic E-state index is 0.125. The van der Waals surface area contributed by atoms with Crippen LogP contribution in [0.25, 0.3) is 10.2 Å². The SMILES string of the molecule is Cc1nc2ccc(Nc3ccc(C#N)cc3[N+](=O)[O-])cc2s1. The predicted molar refractivity (Wildman–Crippen MR) is 85.5 cm³/mol. The predicted octanol–water partition coefficient (Wildman–Crippen LogP) is 4.13. The molecule has 1 N–H and O–H groups in total. The molecule has 0 aliphatic rings. The zero-order chi connectivity index (χ0) is 15.7. The summed E-state index contributed by atoms with van der Waals surface area (Å²) >= 11 is 1.57. The van der Waals surface area contributed by atoms with Gasteiger partial charge in [-0.25, -0.2) is 4.98 Å². The van der Waals surface area contributed by atoms with Gasteiger partial charge in [0.1, 0.15) is 5.69 Å². The van der Waals surface area contributed by atoms with E-state index in [1.165, 1.54) is 6.07 Å². The minimum atomic E-state index is -0.501. The van der Waals surface area contributed by atoms with Gasteiger partial charge in [-0.15, -0.1) is 11.3 Å². The van der Waals surface area contributed by atoms with E-state index in [9.17, 15) is 10.1 Å². The number of rotatable bonds is 3. The second-order valence-corrected chi connectivity index (χ2v) is 5.88. The number of aromatic nitrogens is 1. The third-order valence-electron chi connectivity index (χ3n) is 3.10. The molecule has 0 aliphatic heterocycles. The topological polar surface area (TPSA) is 91.8 Å². The fourth-order valence-corrected chi connectivity index (χ4v) is 3.00. The molecule has 108 valence electrons. The number of aryl methyl sites for hydroxylation is 1. The highest BCUT2D eigenvalue weighted by atomic mass is 32.1. The van der Waals surface area contributed by atoms with Crippen LogP contribution < -0.4 is 5.32 Å². The number of nitro groups is 1. The first-order valence-corrected chi connectivity index (χ1v) is 7.21. The summed E-state index contributed by atoms with van der Waals surface area (Å²) in [5.41, 5.74) is 2.13. The molecular formula is C15H10N4O2S. The van der Waals surface area contributed by atoms with E-state index in [0.717, 1.165) is 20.9 Å². The number of anilines is 2. The molecule has 0 amide bonds. The Morgan fingerprint density at radius 1 is 1.32 bits per heavy atom. The number of nitrogens with one attached hydrogen (secondary N) is 1. The molecule has 0 radical (unpaired) electrons. The molecule has 0 aliphatic carbocycles. The maximum Gasteiger partial charge on any atom is 0.293 e. The zero-order valence-electron chi connectivity index (χ0n) is 11.5. The van der Waals surface area contributed by atoms with Gasteiger partial charge in [0.25, 0.3) is 5.69 Å². The summed E-state index contributed by atoms with van der Waals surface area (Å²) in [5, 5.41) is 24.0. The Bertz CT molecular complexity index is 927. The van der Waals surface area contributed by atoms with Crippen LogP contribution in [0.15, 0.2) is 36.4 Å². The molecule has 0 saturated carbocycles. The Morgan fingerprint density at radius 3 is 2.86 bits per heavy atom. The summed E-state index contributed by atoms with van der Waals surface area (Å²) < 4.78 is 1.01. The Balaban J connectivity index is 2.00. The molecule has 7 heteroatoms. The average molecular weight is 310 g/mol.